The summed E-state index contributed by atoms with van der Waals surface area (Å²) < 4.78 is 0. The summed E-state index contributed by atoms with van der Waals surface area (Å²) in [5.41, 5.74) is 9.80. The van der Waals surface area contributed by atoms with E-state index in [4.69, 9.17) is 5.73 Å². The summed E-state index contributed by atoms with van der Waals surface area (Å²) in [6, 6.07) is 6.10. The molecule has 1 aromatic heterocycles. The van der Waals surface area contributed by atoms with Crippen molar-refractivity contribution in [3.63, 3.8) is 0 Å². The lowest BCUT2D eigenvalue weighted by Gasteiger charge is -2.35. The van der Waals surface area contributed by atoms with Crippen LogP contribution in [0.1, 0.15) is 109 Å². The molecule has 2 aromatic rings. The number of unbranched alkanes of at least 4 members (excludes halogenated alkanes) is 7. The number of nitrogens with zero attached hydrogens (tertiary/aromatic N) is 2. The number of amides is 3. The minimum Gasteiger partial charge on any atom is -0.391 e. The van der Waals surface area contributed by atoms with Gasteiger partial charge >= 0.3 is 0 Å². The van der Waals surface area contributed by atoms with E-state index in [0.717, 1.165) is 60.3 Å². The second-order valence-corrected chi connectivity index (χ2v) is 14.1. The minimum atomic E-state index is -0.814. The van der Waals surface area contributed by atoms with Gasteiger partial charge in [0, 0.05) is 19.4 Å². The summed E-state index contributed by atoms with van der Waals surface area (Å²) in [6.07, 6.45) is 8.37. The van der Waals surface area contributed by atoms with Gasteiger partial charge in [-0.25, -0.2) is 4.98 Å². The Balaban J connectivity index is 1.56. The zero-order valence-electron chi connectivity index (χ0n) is 27.2. The van der Waals surface area contributed by atoms with Crippen LogP contribution in [0.25, 0.3) is 10.4 Å². The van der Waals surface area contributed by atoms with E-state index in [-0.39, 0.29) is 36.7 Å². The quantitative estimate of drug-likeness (QED) is 0.188. The molecule has 44 heavy (non-hydrogen) atoms. The van der Waals surface area contributed by atoms with E-state index in [9.17, 15) is 19.5 Å². The van der Waals surface area contributed by atoms with Crippen molar-refractivity contribution < 1.29 is 19.5 Å². The van der Waals surface area contributed by atoms with Gasteiger partial charge in [-0.15, -0.1) is 11.3 Å². The molecule has 4 atom stereocenters. The number of likely N-dealkylation sites (tertiary alicyclic amines) is 1. The summed E-state index contributed by atoms with van der Waals surface area (Å²) in [7, 11) is 0. The highest BCUT2D eigenvalue weighted by Crippen LogP contribution is 2.29. The highest BCUT2D eigenvalue weighted by Gasteiger charge is 2.44. The molecule has 1 aliphatic heterocycles. The van der Waals surface area contributed by atoms with Crippen molar-refractivity contribution in [2.75, 3.05) is 13.1 Å². The third-order valence-electron chi connectivity index (χ3n) is 8.42. The summed E-state index contributed by atoms with van der Waals surface area (Å²) in [5.74, 6) is -0.809. The molecule has 2 heterocycles. The van der Waals surface area contributed by atoms with Crippen molar-refractivity contribution >= 4 is 29.1 Å². The number of aromatic nitrogens is 1. The average Bonchev–Trinajstić information content (AvgIpc) is 3.59. The van der Waals surface area contributed by atoms with Gasteiger partial charge in [0.2, 0.25) is 17.7 Å². The zero-order chi connectivity index (χ0) is 32.3. The van der Waals surface area contributed by atoms with Crippen LogP contribution in [0.5, 0.6) is 0 Å². The van der Waals surface area contributed by atoms with Crippen molar-refractivity contribution in [3.05, 3.63) is 41.0 Å². The van der Waals surface area contributed by atoms with Crippen LogP contribution in [0, 0.1) is 12.3 Å². The molecule has 9 nitrogen and oxygen atoms in total. The Morgan fingerprint density at radius 1 is 1.02 bits per heavy atom. The lowest BCUT2D eigenvalue weighted by atomic mass is 9.85. The van der Waals surface area contributed by atoms with E-state index < -0.39 is 23.6 Å². The molecule has 10 heteroatoms. The molecule has 244 valence electrons. The number of hydrogen-bond donors (Lipinski definition) is 4. The van der Waals surface area contributed by atoms with Crippen LogP contribution < -0.4 is 16.4 Å². The van der Waals surface area contributed by atoms with Gasteiger partial charge in [0.05, 0.1) is 28.2 Å². The molecule has 1 aliphatic rings. The highest BCUT2D eigenvalue weighted by molar-refractivity contribution is 7.13. The van der Waals surface area contributed by atoms with E-state index in [1.807, 2.05) is 64.4 Å². The topological polar surface area (TPSA) is 138 Å². The first-order valence-electron chi connectivity index (χ1n) is 16.2. The monoisotopic (exact) mass is 627 g/mol. The van der Waals surface area contributed by atoms with Crippen molar-refractivity contribution in [3.8, 4) is 10.4 Å². The fourth-order valence-corrected chi connectivity index (χ4v) is 6.55. The minimum absolute atomic E-state index is 0.0575. The van der Waals surface area contributed by atoms with Crippen molar-refractivity contribution in [1.82, 2.24) is 20.5 Å². The fourth-order valence-electron chi connectivity index (χ4n) is 5.74. The Hall–Kier alpha value is -2.82. The maximum Gasteiger partial charge on any atom is 0.246 e. The Kier molecular flexibility index (Phi) is 13.8. The maximum atomic E-state index is 13.9. The number of benzene rings is 1. The third-order valence-corrected chi connectivity index (χ3v) is 9.40. The molecule has 0 radical (unpaired) electrons. The van der Waals surface area contributed by atoms with E-state index in [1.165, 1.54) is 24.2 Å². The fraction of sp³-hybridized carbons (Fsp3) is 0.647. The summed E-state index contributed by atoms with van der Waals surface area (Å²) in [5, 5.41) is 16.5. The number of aliphatic hydroxyl groups is 1. The van der Waals surface area contributed by atoms with Crippen LogP contribution in [0.4, 0.5) is 0 Å². The molecule has 4 unspecified atom stereocenters. The number of β-amino-alcohol motifs (C(OH)–C–C–N with tert-alkyl or cyclic N) is 1. The summed E-state index contributed by atoms with van der Waals surface area (Å²) in [6.45, 7) is 10.4. The molecule has 0 bridgehead atoms. The maximum absolute atomic E-state index is 13.9. The van der Waals surface area contributed by atoms with Gasteiger partial charge in [0.15, 0.2) is 0 Å². The van der Waals surface area contributed by atoms with Gasteiger partial charge in [-0.2, -0.15) is 0 Å². The Morgan fingerprint density at radius 3 is 2.20 bits per heavy atom. The largest absolute Gasteiger partial charge is 0.391 e. The smallest absolute Gasteiger partial charge is 0.246 e. The van der Waals surface area contributed by atoms with Gasteiger partial charge < -0.3 is 26.4 Å². The number of carbonyl (C=O) groups excluding carboxylic acids is 3. The highest BCUT2D eigenvalue weighted by atomic mass is 32.1. The standard InChI is InChI=1S/C34H53N5O4S/c1-23(25-15-17-26(18-16-25)30-24(2)36-22-44-30)37-32(42)28-20-27(40)21-39(28)33(43)31(34(3,4)5)38-29(41)14-12-10-8-6-7-9-11-13-19-35/h15-18,22-23,27-28,31,40H,6-14,19-21,35H2,1-5H3,(H,37,42)(H,38,41). The summed E-state index contributed by atoms with van der Waals surface area (Å²) >= 11 is 1.59. The molecule has 3 amide bonds. The lowest BCUT2D eigenvalue weighted by Crippen LogP contribution is -2.57. The molecule has 0 aliphatic carbocycles. The molecule has 3 rings (SSSR count). The van der Waals surface area contributed by atoms with Crippen LogP contribution >= 0.6 is 11.3 Å². The molecular weight excluding hydrogens is 574 g/mol. The Labute approximate surface area is 267 Å². The Bertz CT molecular complexity index is 1210. The van der Waals surface area contributed by atoms with Gasteiger partial charge in [0.25, 0.3) is 0 Å². The molecule has 1 saturated heterocycles. The predicted molar refractivity (Wildman–Crippen MR) is 177 cm³/mol. The van der Waals surface area contributed by atoms with Crippen molar-refractivity contribution in [2.45, 2.75) is 123 Å². The number of aryl methyl sites for hydroxylation is 1. The zero-order valence-corrected chi connectivity index (χ0v) is 28.0. The second-order valence-electron chi connectivity index (χ2n) is 13.2. The van der Waals surface area contributed by atoms with E-state index in [2.05, 4.69) is 15.6 Å². The van der Waals surface area contributed by atoms with E-state index in [1.54, 1.807) is 11.3 Å². The van der Waals surface area contributed by atoms with Crippen LogP contribution in [0.15, 0.2) is 29.8 Å². The first-order valence-corrected chi connectivity index (χ1v) is 17.1. The third kappa shape index (κ3) is 10.4. The number of nitrogens with one attached hydrogen (secondary N) is 2. The number of carbonyl (C=O) groups is 3. The van der Waals surface area contributed by atoms with Gasteiger partial charge in [-0.3, -0.25) is 14.4 Å². The molecule has 0 saturated carbocycles. The predicted octanol–water partition coefficient (Wildman–Crippen LogP) is 5.26. The van der Waals surface area contributed by atoms with Crippen LogP contribution in [0.2, 0.25) is 0 Å². The number of rotatable bonds is 16. The molecule has 1 aromatic carbocycles. The first-order chi connectivity index (χ1) is 20.9. The number of thiazole rings is 1. The van der Waals surface area contributed by atoms with Gasteiger partial charge in [-0.1, -0.05) is 83.6 Å². The van der Waals surface area contributed by atoms with Crippen LogP contribution in [-0.2, 0) is 14.4 Å². The van der Waals surface area contributed by atoms with Crippen LogP contribution in [0.3, 0.4) is 0 Å². The number of hydrogen-bond acceptors (Lipinski definition) is 7. The SMILES string of the molecule is Cc1ncsc1-c1ccc(C(C)NC(=O)C2CC(O)CN2C(=O)C(NC(=O)CCCCCCCCCCN)C(C)(C)C)cc1. The Morgan fingerprint density at radius 2 is 1.64 bits per heavy atom. The molecule has 1 fully saturated rings. The van der Waals surface area contributed by atoms with Crippen molar-refractivity contribution in [2.24, 2.45) is 11.1 Å². The van der Waals surface area contributed by atoms with Gasteiger partial charge in [0.1, 0.15) is 12.1 Å². The number of aliphatic hydroxyl groups excluding tert-OH is 1. The number of nitrogens with two attached hydrogens (primary N) is 1. The average molecular weight is 628 g/mol. The first kappa shape index (κ1) is 35.7. The van der Waals surface area contributed by atoms with Gasteiger partial charge in [-0.05, 0) is 49.8 Å². The lowest BCUT2D eigenvalue weighted by molar-refractivity contribution is -0.144. The molecule has 0 spiro atoms. The van der Waals surface area contributed by atoms with E-state index >= 15 is 0 Å². The van der Waals surface area contributed by atoms with Crippen molar-refractivity contribution in [1.29, 1.82) is 0 Å². The van der Waals surface area contributed by atoms with Crippen LogP contribution in [-0.4, -0.2) is 64.0 Å². The van der Waals surface area contributed by atoms with E-state index in [0.29, 0.717) is 6.42 Å². The summed E-state index contributed by atoms with van der Waals surface area (Å²) in [4.78, 5) is 47.1. The molecular formula is C34H53N5O4S. The second kappa shape index (κ2) is 17.0. The normalized spacial score (nSPS) is 18.2. The molecule has 5 N–H and O–H groups in total.